The molecule has 0 radical (unpaired) electrons. The van der Waals surface area contributed by atoms with Crippen LogP contribution in [-0.4, -0.2) is 38.7 Å². The Balaban J connectivity index is 1.53. The maximum atomic E-state index is 12.6. The van der Waals surface area contributed by atoms with Crippen LogP contribution in [0.3, 0.4) is 0 Å². The minimum absolute atomic E-state index is 0.110. The lowest BCUT2D eigenvalue weighted by atomic mass is 10.2. The first-order valence-corrected chi connectivity index (χ1v) is 11.6. The molecule has 3 N–H and O–H groups in total. The lowest BCUT2D eigenvalue weighted by molar-refractivity contribution is 0.0943. The van der Waals surface area contributed by atoms with E-state index in [2.05, 4.69) is 16.2 Å². The van der Waals surface area contributed by atoms with Gasteiger partial charge in [0.05, 0.1) is 6.10 Å². The topological polar surface area (TPSA) is 106 Å². The maximum Gasteiger partial charge on any atom is 0.339 e. The molecule has 1 fully saturated rings. The first kappa shape index (κ1) is 23.0. The number of amides is 1. The van der Waals surface area contributed by atoms with Crippen LogP contribution in [0.25, 0.3) is 0 Å². The summed E-state index contributed by atoms with van der Waals surface area (Å²) in [4.78, 5) is 12.4. The molecule has 0 aliphatic carbocycles. The number of ether oxygens (including phenoxy) is 1. The molecule has 1 heterocycles. The van der Waals surface area contributed by atoms with E-state index in [1.165, 1.54) is 24.3 Å². The van der Waals surface area contributed by atoms with Gasteiger partial charge in [-0.05, 0) is 80.4 Å². The summed E-state index contributed by atoms with van der Waals surface area (Å²) in [6, 6.07) is 10.9. The quantitative estimate of drug-likeness (QED) is 0.341. The molecule has 2 aromatic carbocycles. The van der Waals surface area contributed by atoms with Gasteiger partial charge in [-0.3, -0.25) is 15.6 Å². The predicted molar refractivity (Wildman–Crippen MR) is 120 cm³/mol. The predicted octanol–water partition coefficient (Wildman–Crippen LogP) is 2.36. The van der Waals surface area contributed by atoms with Gasteiger partial charge in [0, 0.05) is 18.7 Å². The summed E-state index contributed by atoms with van der Waals surface area (Å²) in [6.07, 6.45) is 2.15. The van der Waals surface area contributed by atoms with Crippen molar-refractivity contribution in [3.05, 3.63) is 59.2 Å². The van der Waals surface area contributed by atoms with Crippen molar-refractivity contribution in [2.24, 2.45) is 0 Å². The Morgan fingerprint density at radius 3 is 2.58 bits per heavy atom. The molecule has 0 bridgehead atoms. The van der Waals surface area contributed by atoms with Gasteiger partial charge in [0.25, 0.3) is 5.91 Å². The van der Waals surface area contributed by atoms with E-state index < -0.39 is 16.0 Å². The highest BCUT2D eigenvalue weighted by Crippen LogP contribution is 2.22. The van der Waals surface area contributed by atoms with E-state index in [9.17, 15) is 13.2 Å². The molecule has 2 aromatic rings. The van der Waals surface area contributed by atoms with E-state index in [1.54, 1.807) is 19.1 Å². The number of carbonyl (C=O) groups is 1. The first-order valence-electron chi connectivity index (χ1n) is 9.82. The Hall–Kier alpha value is -2.69. The van der Waals surface area contributed by atoms with Crippen LogP contribution >= 0.6 is 12.2 Å². The third kappa shape index (κ3) is 6.39. The highest BCUT2D eigenvalue weighted by Gasteiger charge is 2.20. The van der Waals surface area contributed by atoms with Gasteiger partial charge in [-0.1, -0.05) is 12.1 Å². The number of nitrogens with one attached hydrogen (secondary N) is 3. The zero-order chi connectivity index (χ0) is 22.4. The summed E-state index contributed by atoms with van der Waals surface area (Å²) in [7, 11) is -3.98. The van der Waals surface area contributed by atoms with E-state index in [4.69, 9.17) is 21.1 Å². The number of benzene rings is 2. The molecule has 0 saturated carbocycles. The Labute approximate surface area is 187 Å². The molecule has 1 aliphatic rings. The lowest BCUT2D eigenvalue weighted by Gasteiger charge is -2.14. The van der Waals surface area contributed by atoms with Gasteiger partial charge in [0.2, 0.25) is 0 Å². The molecule has 1 amide bonds. The second-order valence-electron chi connectivity index (χ2n) is 7.25. The molecule has 8 nitrogen and oxygen atoms in total. The zero-order valence-corrected chi connectivity index (χ0v) is 18.9. The highest BCUT2D eigenvalue weighted by atomic mass is 32.2. The average Bonchev–Trinajstić information content (AvgIpc) is 3.26. The number of thiocarbonyl (C=S) groups is 1. The van der Waals surface area contributed by atoms with Crippen molar-refractivity contribution in [2.45, 2.75) is 37.7 Å². The highest BCUT2D eigenvalue weighted by molar-refractivity contribution is 7.87. The Kier molecular flexibility index (Phi) is 7.47. The summed E-state index contributed by atoms with van der Waals surface area (Å²) < 4.78 is 35.9. The fourth-order valence-corrected chi connectivity index (χ4v) is 4.43. The van der Waals surface area contributed by atoms with Gasteiger partial charge in [-0.15, -0.1) is 0 Å². The minimum Gasteiger partial charge on any atom is -0.379 e. The molecule has 3 rings (SSSR count). The van der Waals surface area contributed by atoms with Crippen LogP contribution in [0.4, 0.5) is 0 Å². The molecule has 0 spiro atoms. The number of hydrogen-bond donors (Lipinski definition) is 3. The van der Waals surface area contributed by atoms with Gasteiger partial charge in [-0.25, -0.2) is 0 Å². The van der Waals surface area contributed by atoms with Gasteiger partial charge in [0.15, 0.2) is 5.11 Å². The molecular weight excluding hydrogens is 438 g/mol. The summed E-state index contributed by atoms with van der Waals surface area (Å²) >= 11 is 5.12. The fourth-order valence-electron chi connectivity index (χ4n) is 3.05. The van der Waals surface area contributed by atoms with Crippen molar-refractivity contribution in [1.29, 1.82) is 0 Å². The third-order valence-electron chi connectivity index (χ3n) is 4.74. The second kappa shape index (κ2) is 10.1. The van der Waals surface area contributed by atoms with Crippen molar-refractivity contribution in [1.82, 2.24) is 16.2 Å². The second-order valence-corrected chi connectivity index (χ2v) is 9.18. The molecule has 0 unspecified atom stereocenters. The van der Waals surface area contributed by atoms with Crippen molar-refractivity contribution >= 4 is 33.4 Å². The monoisotopic (exact) mass is 463 g/mol. The summed E-state index contributed by atoms with van der Waals surface area (Å²) in [5.41, 5.74) is 6.84. The smallest absolute Gasteiger partial charge is 0.339 e. The number of carbonyl (C=O) groups excluding carboxylic acids is 1. The standard InChI is InChI=1S/C21H25N3O5S2/c1-14-5-6-15(2)19(12-14)31(26,27)29-17-9-7-16(8-10-17)20(25)23-24-21(30)22-13-18-4-3-11-28-18/h5-10,12,18H,3-4,11,13H2,1-2H3,(H,23,25)(H2,22,24,30)/t18-/m1/s1. The molecule has 0 aromatic heterocycles. The van der Waals surface area contributed by atoms with Crippen molar-refractivity contribution in [3.63, 3.8) is 0 Å². The molecule has 1 saturated heterocycles. The van der Waals surface area contributed by atoms with E-state index in [1.807, 2.05) is 13.0 Å². The molecule has 1 atom stereocenters. The molecular formula is C21H25N3O5S2. The van der Waals surface area contributed by atoms with Crippen LogP contribution in [-0.2, 0) is 14.9 Å². The van der Waals surface area contributed by atoms with Crippen LogP contribution in [0.1, 0.15) is 34.3 Å². The normalized spacial score (nSPS) is 15.9. The number of aryl methyl sites for hydroxylation is 2. The molecule has 10 heteroatoms. The summed E-state index contributed by atoms with van der Waals surface area (Å²) in [6.45, 7) is 4.84. The largest absolute Gasteiger partial charge is 0.379 e. The van der Waals surface area contributed by atoms with Crippen molar-refractivity contribution in [3.8, 4) is 5.75 Å². The summed E-state index contributed by atoms with van der Waals surface area (Å²) in [5, 5.41) is 3.27. The maximum absolute atomic E-state index is 12.6. The SMILES string of the molecule is Cc1ccc(C)c(S(=O)(=O)Oc2ccc(C(=O)NNC(=S)NC[C@H]3CCCO3)cc2)c1. The third-order valence-corrected chi connectivity index (χ3v) is 6.38. The van der Waals surface area contributed by atoms with Gasteiger partial charge in [0.1, 0.15) is 10.6 Å². The Bertz CT molecular complexity index is 1050. The van der Waals surface area contributed by atoms with E-state index in [-0.39, 0.29) is 21.9 Å². The van der Waals surface area contributed by atoms with Gasteiger partial charge in [-0.2, -0.15) is 8.42 Å². The van der Waals surface area contributed by atoms with Crippen LogP contribution in [0.2, 0.25) is 0 Å². The first-order chi connectivity index (χ1) is 14.7. The fraction of sp³-hybridized carbons (Fsp3) is 0.333. The molecule has 166 valence electrons. The zero-order valence-electron chi connectivity index (χ0n) is 17.3. The minimum atomic E-state index is -3.98. The number of rotatable bonds is 6. The van der Waals surface area contributed by atoms with E-state index >= 15 is 0 Å². The van der Waals surface area contributed by atoms with Crippen molar-refractivity contribution in [2.75, 3.05) is 13.2 Å². The van der Waals surface area contributed by atoms with Gasteiger partial charge < -0.3 is 14.2 Å². The van der Waals surface area contributed by atoms with Crippen molar-refractivity contribution < 1.29 is 22.1 Å². The molecule has 1 aliphatic heterocycles. The van der Waals surface area contributed by atoms with E-state index in [0.717, 1.165) is 25.0 Å². The van der Waals surface area contributed by atoms with Crippen LogP contribution in [0.5, 0.6) is 5.75 Å². The summed E-state index contributed by atoms with van der Waals surface area (Å²) in [5.74, 6) is -0.315. The van der Waals surface area contributed by atoms with Crippen LogP contribution < -0.4 is 20.4 Å². The lowest BCUT2D eigenvalue weighted by Crippen LogP contribution is -2.48. The van der Waals surface area contributed by atoms with Crippen LogP contribution in [0, 0.1) is 13.8 Å². The number of hydrazine groups is 1. The van der Waals surface area contributed by atoms with Crippen LogP contribution in [0.15, 0.2) is 47.4 Å². The average molecular weight is 464 g/mol. The van der Waals surface area contributed by atoms with Gasteiger partial charge >= 0.3 is 10.1 Å². The molecule has 31 heavy (non-hydrogen) atoms. The van der Waals surface area contributed by atoms with E-state index in [0.29, 0.717) is 17.7 Å². The Morgan fingerprint density at radius 1 is 1.16 bits per heavy atom. The Morgan fingerprint density at radius 2 is 1.90 bits per heavy atom. The number of hydrogen-bond acceptors (Lipinski definition) is 6.